The molecule has 0 unspecified atom stereocenters. The van der Waals surface area contributed by atoms with Gasteiger partial charge in [-0.25, -0.2) is 0 Å². The molecule has 5 nitrogen and oxygen atoms in total. The molecule has 0 spiro atoms. The molecular weight excluding hydrogens is 427 g/mol. The summed E-state index contributed by atoms with van der Waals surface area (Å²) in [6.07, 6.45) is 11.1. The van der Waals surface area contributed by atoms with Crippen LogP contribution in [0.2, 0.25) is 0 Å². The summed E-state index contributed by atoms with van der Waals surface area (Å²) in [5, 5.41) is 11.5. The van der Waals surface area contributed by atoms with Crippen molar-refractivity contribution in [3.63, 3.8) is 0 Å². The predicted molar refractivity (Wildman–Crippen MR) is 113 cm³/mol. The molecule has 2 rings (SSSR count). The van der Waals surface area contributed by atoms with Crippen LogP contribution in [0.1, 0.15) is 70.3 Å². The molecular formula is C23H31KO5S. The summed E-state index contributed by atoms with van der Waals surface area (Å²) in [6, 6.07) is 10.7. The van der Waals surface area contributed by atoms with Crippen LogP contribution in [0.5, 0.6) is 17.2 Å². The van der Waals surface area contributed by atoms with Crippen LogP contribution in [0.15, 0.2) is 47.4 Å². The zero-order valence-corrected chi connectivity index (χ0v) is 22.0. The van der Waals surface area contributed by atoms with Gasteiger partial charge >= 0.3 is 51.4 Å². The van der Waals surface area contributed by atoms with E-state index in [-0.39, 0.29) is 73.5 Å². The van der Waals surface area contributed by atoms with E-state index in [0.717, 1.165) is 19.3 Å². The molecule has 0 heterocycles. The van der Waals surface area contributed by atoms with Crippen molar-refractivity contribution in [3.05, 3.63) is 48.0 Å². The normalized spacial score (nSPS) is 11.1. The van der Waals surface area contributed by atoms with Gasteiger partial charge in [0.05, 0.1) is 0 Å². The second kappa shape index (κ2) is 14.6. The van der Waals surface area contributed by atoms with Gasteiger partial charge in [-0.15, -0.1) is 5.75 Å². The molecule has 0 amide bonds. The fraction of sp³-hybridized carbons (Fsp3) is 0.478. The maximum Gasteiger partial charge on any atom is 1.00 e. The van der Waals surface area contributed by atoms with Gasteiger partial charge in [-0.2, -0.15) is 8.42 Å². The minimum absolute atomic E-state index is 0. The van der Waals surface area contributed by atoms with E-state index in [1.54, 1.807) is 18.2 Å². The topological polar surface area (TPSA) is 86.7 Å². The van der Waals surface area contributed by atoms with E-state index in [0.29, 0.717) is 12.0 Å². The summed E-state index contributed by atoms with van der Waals surface area (Å²) in [6.45, 7) is 2.21. The standard InChI is InChI=1S/C23H32O5S.K/c1-2-3-4-5-6-7-8-9-10-13-19-14-11-17-22(23(19)29(25,26)27)28-21-16-12-15-20(24)18-21;/h11-12,14-18,24H,2-10,13H2,1H3,(H,25,26,27);/q;+1/p-1. The predicted octanol–water partition coefficient (Wildman–Crippen LogP) is 2.88. The molecule has 1 N–H and O–H groups in total. The van der Waals surface area contributed by atoms with Gasteiger partial charge in [0.1, 0.15) is 16.4 Å². The summed E-state index contributed by atoms with van der Waals surface area (Å²) < 4.78 is 39.4. The monoisotopic (exact) mass is 458 g/mol. The summed E-state index contributed by atoms with van der Waals surface area (Å²) in [5.41, 5.74) is 0.534. The Kier molecular flexibility index (Phi) is 13.5. The molecule has 2 aromatic rings. The summed E-state index contributed by atoms with van der Waals surface area (Å²) in [5.74, 6) is 0.0379. The van der Waals surface area contributed by atoms with Crippen molar-refractivity contribution in [2.45, 2.75) is 76.0 Å². The first-order chi connectivity index (χ1) is 13.9. The van der Waals surface area contributed by atoms with Gasteiger partial charge in [0.25, 0.3) is 10.1 Å². The van der Waals surface area contributed by atoms with Crippen molar-refractivity contribution in [2.24, 2.45) is 0 Å². The van der Waals surface area contributed by atoms with Crippen molar-refractivity contribution in [3.8, 4) is 17.2 Å². The largest absolute Gasteiger partial charge is 1.00 e. The third-order valence-corrected chi connectivity index (χ3v) is 5.88. The number of hydrogen-bond donors (Lipinski definition) is 1. The molecule has 0 fully saturated rings. The van der Waals surface area contributed by atoms with Gasteiger partial charge in [-0.3, -0.25) is 4.55 Å². The van der Waals surface area contributed by atoms with Crippen molar-refractivity contribution < 1.29 is 74.2 Å². The zero-order chi connectivity index (χ0) is 21.1. The Morgan fingerprint density at radius 1 is 0.900 bits per heavy atom. The molecule has 160 valence electrons. The maximum absolute atomic E-state index is 12.0. The van der Waals surface area contributed by atoms with Crippen LogP contribution in [0.25, 0.3) is 0 Å². The van der Waals surface area contributed by atoms with Gasteiger partial charge in [0.15, 0.2) is 0 Å². The smallest absolute Gasteiger partial charge is 0.872 e. The molecule has 0 bridgehead atoms. The van der Waals surface area contributed by atoms with Crippen LogP contribution in [-0.4, -0.2) is 13.0 Å². The average molecular weight is 459 g/mol. The van der Waals surface area contributed by atoms with Crippen molar-refractivity contribution in [2.75, 3.05) is 0 Å². The quantitative estimate of drug-likeness (QED) is 0.283. The Hall–Kier alpha value is -0.414. The fourth-order valence-electron chi connectivity index (χ4n) is 3.42. The Balaban J connectivity index is 0.00000450. The number of benzene rings is 2. The number of rotatable bonds is 13. The Morgan fingerprint density at radius 2 is 1.50 bits per heavy atom. The molecule has 0 aliphatic carbocycles. The second-order valence-corrected chi connectivity index (χ2v) is 8.73. The molecule has 0 aliphatic heterocycles. The molecule has 0 saturated carbocycles. The summed E-state index contributed by atoms with van der Waals surface area (Å²) >= 11 is 0. The van der Waals surface area contributed by atoms with E-state index in [1.165, 1.54) is 62.8 Å². The van der Waals surface area contributed by atoms with Crippen LogP contribution in [0.4, 0.5) is 0 Å². The molecule has 30 heavy (non-hydrogen) atoms. The van der Waals surface area contributed by atoms with Gasteiger partial charge < -0.3 is 9.84 Å². The minimum Gasteiger partial charge on any atom is -0.872 e. The third-order valence-electron chi connectivity index (χ3n) is 4.90. The molecule has 0 aliphatic rings. The van der Waals surface area contributed by atoms with Crippen LogP contribution < -0.4 is 61.2 Å². The van der Waals surface area contributed by atoms with E-state index in [1.807, 2.05) is 0 Å². The summed E-state index contributed by atoms with van der Waals surface area (Å²) in [4.78, 5) is -0.212. The van der Waals surface area contributed by atoms with E-state index >= 15 is 0 Å². The maximum atomic E-state index is 12.0. The van der Waals surface area contributed by atoms with Crippen molar-refractivity contribution in [1.82, 2.24) is 0 Å². The van der Waals surface area contributed by atoms with Crippen LogP contribution >= 0.6 is 0 Å². The minimum atomic E-state index is -4.46. The zero-order valence-electron chi connectivity index (χ0n) is 18.1. The van der Waals surface area contributed by atoms with Crippen LogP contribution in [0, 0.1) is 0 Å². The molecule has 7 heteroatoms. The van der Waals surface area contributed by atoms with E-state index in [2.05, 4.69) is 6.92 Å². The van der Waals surface area contributed by atoms with Gasteiger partial charge in [0, 0.05) is 0 Å². The third kappa shape index (κ3) is 9.81. The molecule has 0 aromatic heterocycles. The van der Waals surface area contributed by atoms with Gasteiger partial charge in [-0.1, -0.05) is 82.6 Å². The first-order valence-electron chi connectivity index (χ1n) is 10.5. The van der Waals surface area contributed by atoms with E-state index in [4.69, 9.17) is 4.74 Å². The molecule has 0 saturated heterocycles. The van der Waals surface area contributed by atoms with Crippen molar-refractivity contribution >= 4 is 10.1 Å². The van der Waals surface area contributed by atoms with Gasteiger partial charge in [-0.05, 0) is 36.6 Å². The van der Waals surface area contributed by atoms with E-state index in [9.17, 15) is 18.1 Å². The SMILES string of the molecule is CCCCCCCCCCCc1cccc(Oc2cccc([O-])c2)c1S(=O)(=O)O.[K+]. The number of unbranched alkanes of at least 4 members (excludes halogenated alkanes) is 8. The van der Waals surface area contributed by atoms with Crippen LogP contribution in [-0.2, 0) is 16.5 Å². The molecule has 0 radical (unpaired) electrons. The molecule has 2 aromatic carbocycles. The van der Waals surface area contributed by atoms with Crippen LogP contribution in [0.3, 0.4) is 0 Å². The molecule has 0 atom stereocenters. The fourth-order valence-corrected chi connectivity index (χ4v) is 4.29. The number of hydrogen-bond acceptors (Lipinski definition) is 4. The summed E-state index contributed by atoms with van der Waals surface area (Å²) in [7, 11) is -4.46. The van der Waals surface area contributed by atoms with Crippen molar-refractivity contribution in [1.29, 1.82) is 0 Å². The Morgan fingerprint density at radius 3 is 2.10 bits per heavy atom. The number of ether oxygens (including phenoxy) is 1. The average Bonchev–Trinajstić information content (AvgIpc) is 2.66. The Labute approximate surface area is 223 Å². The van der Waals surface area contributed by atoms with E-state index < -0.39 is 10.1 Å². The second-order valence-electron chi connectivity index (χ2n) is 7.37. The first-order valence-corrected chi connectivity index (χ1v) is 11.9. The van der Waals surface area contributed by atoms with Gasteiger partial charge in [0.2, 0.25) is 0 Å². The Bertz CT molecular complexity index is 868. The number of aryl methyl sites for hydroxylation is 1. The first kappa shape index (κ1) is 27.6.